The zero-order valence-corrected chi connectivity index (χ0v) is 20.1. The Labute approximate surface area is 194 Å². The predicted octanol–water partition coefficient (Wildman–Crippen LogP) is 3.36. The molecule has 178 valence electrons. The van der Waals surface area contributed by atoms with Crippen LogP contribution in [0.25, 0.3) is 0 Å². The van der Waals surface area contributed by atoms with Gasteiger partial charge >= 0.3 is 5.97 Å². The van der Waals surface area contributed by atoms with Gasteiger partial charge in [0.1, 0.15) is 6.61 Å². The Morgan fingerprint density at radius 3 is 2.12 bits per heavy atom. The normalized spacial score (nSPS) is 15.2. The lowest BCUT2D eigenvalue weighted by atomic mass is 9.98. The van der Waals surface area contributed by atoms with E-state index in [1.807, 2.05) is 13.0 Å². The number of benzene rings is 2. The molecule has 0 unspecified atom stereocenters. The molecule has 9 heteroatoms. The number of ketones is 1. The van der Waals surface area contributed by atoms with Crippen molar-refractivity contribution in [1.82, 2.24) is 4.31 Å². The predicted molar refractivity (Wildman–Crippen MR) is 122 cm³/mol. The largest absolute Gasteiger partial charge is 0.493 e. The summed E-state index contributed by atoms with van der Waals surface area (Å²) >= 11 is 0. The van der Waals surface area contributed by atoms with Gasteiger partial charge in [-0.1, -0.05) is 12.1 Å². The maximum atomic E-state index is 12.9. The molecule has 0 saturated carbocycles. The fourth-order valence-corrected chi connectivity index (χ4v) is 5.26. The topological polar surface area (TPSA) is 99.2 Å². The first-order chi connectivity index (χ1) is 15.7. The number of carbonyl (C=O) groups is 2. The van der Waals surface area contributed by atoms with E-state index in [1.165, 1.54) is 35.5 Å². The highest BCUT2D eigenvalue weighted by Gasteiger charge is 2.33. The Hall–Kier alpha value is -2.91. The molecule has 0 bridgehead atoms. The van der Waals surface area contributed by atoms with E-state index < -0.39 is 10.0 Å². The molecular formula is C24H29NO7S. The smallest absolute Gasteiger partial charge is 0.309 e. The highest BCUT2D eigenvalue weighted by atomic mass is 32.2. The Bertz CT molecular complexity index is 1120. The molecule has 0 radical (unpaired) electrons. The van der Waals surface area contributed by atoms with E-state index >= 15 is 0 Å². The minimum atomic E-state index is -3.68. The van der Waals surface area contributed by atoms with Crippen LogP contribution in [0.1, 0.15) is 41.3 Å². The molecule has 2 aromatic rings. The van der Waals surface area contributed by atoms with Crippen LogP contribution < -0.4 is 9.47 Å². The van der Waals surface area contributed by atoms with E-state index in [4.69, 9.17) is 14.2 Å². The fourth-order valence-electron chi connectivity index (χ4n) is 3.79. The lowest BCUT2D eigenvalue weighted by molar-refractivity contribution is -0.151. The van der Waals surface area contributed by atoms with Crippen LogP contribution in [0.15, 0.2) is 41.3 Å². The summed E-state index contributed by atoms with van der Waals surface area (Å²) in [6.45, 7) is 3.89. The van der Waals surface area contributed by atoms with Crippen molar-refractivity contribution in [3.8, 4) is 11.5 Å². The van der Waals surface area contributed by atoms with E-state index in [1.54, 1.807) is 20.3 Å². The molecule has 1 aliphatic rings. The van der Waals surface area contributed by atoms with Gasteiger partial charge < -0.3 is 14.2 Å². The number of carbonyl (C=O) groups excluding carboxylic acids is 2. The van der Waals surface area contributed by atoms with Gasteiger partial charge in [-0.25, -0.2) is 8.42 Å². The van der Waals surface area contributed by atoms with Crippen molar-refractivity contribution < 1.29 is 32.2 Å². The number of nitrogens with zero attached hydrogens (tertiary/aromatic N) is 1. The molecule has 1 aliphatic heterocycles. The Kier molecular flexibility index (Phi) is 7.76. The first-order valence-electron chi connectivity index (χ1n) is 10.7. The monoisotopic (exact) mass is 475 g/mol. The quantitative estimate of drug-likeness (QED) is 0.426. The number of methoxy groups -OCH3 is 2. The number of piperidine rings is 1. The summed E-state index contributed by atoms with van der Waals surface area (Å²) in [6, 6.07) is 9.52. The average molecular weight is 476 g/mol. The Balaban J connectivity index is 1.58. The van der Waals surface area contributed by atoms with Crippen LogP contribution in [0, 0.1) is 12.8 Å². The highest BCUT2D eigenvalue weighted by molar-refractivity contribution is 7.89. The number of aryl methyl sites for hydroxylation is 1. The molecule has 3 rings (SSSR count). The third-order valence-electron chi connectivity index (χ3n) is 5.90. The van der Waals surface area contributed by atoms with Gasteiger partial charge in [0.25, 0.3) is 0 Å². The molecule has 0 aromatic heterocycles. The van der Waals surface area contributed by atoms with Crippen molar-refractivity contribution in [2.75, 3.05) is 27.3 Å². The maximum Gasteiger partial charge on any atom is 0.309 e. The second kappa shape index (κ2) is 10.4. The number of ether oxygens (including phenoxy) is 3. The molecule has 8 nitrogen and oxygen atoms in total. The summed E-state index contributed by atoms with van der Waals surface area (Å²) in [5.41, 5.74) is 2.19. The molecule has 1 saturated heterocycles. The molecular weight excluding hydrogens is 446 g/mol. The van der Waals surface area contributed by atoms with Gasteiger partial charge in [-0.3, -0.25) is 9.59 Å². The van der Waals surface area contributed by atoms with Crippen molar-refractivity contribution >= 4 is 21.8 Å². The summed E-state index contributed by atoms with van der Waals surface area (Å²) in [5, 5.41) is 0. The molecule has 0 aliphatic carbocycles. The zero-order valence-electron chi connectivity index (χ0n) is 19.3. The highest BCUT2D eigenvalue weighted by Crippen LogP contribution is 2.31. The minimum absolute atomic E-state index is 0.103. The summed E-state index contributed by atoms with van der Waals surface area (Å²) in [4.78, 5) is 24.2. The van der Waals surface area contributed by atoms with Crippen molar-refractivity contribution in [2.45, 2.75) is 38.2 Å². The van der Waals surface area contributed by atoms with Gasteiger partial charge in [0.15, 0.2) is 17.3 Å². The average Bonchev–Trinajstić information content (AvgIpc) is 2.82. The van der Waals surface area contributed by atoms with Gasteiger partial charge in [-0.05, 0) is 62.1 Å². The molecule has 33 heavy (non-hydrogen) atoms. The standard InChI is InChI=1S/C24H29NO7S/c1-16-13-22(30-3)23(31-4)14-20(16)15-32-24(27)19-9-11-25(12-10-19)33(28,29)21-7-5-18(6-8-21)17(2)26/h5-8,13-14,19H,9-12,15H2,1-4H3. The first kappa shape index (κ1) is 24.7. The van der Waals surface area contributed by atoms with Crippen LogP contribution in [0.5, 0.6) is 11.5 Å². The van der Waals surface area contributed by atoms with Crippen LogP contribution in [-0.4, -0.2) is 51.8 Å². The van der Waals surface area contributed by atoms with Gasteiger partial charge in [-0.15, -0.1) is 0 Å². The lowest BCUT2D eigenvalue weighted by Crippen LogP contribution is -2.40. The summed E-state index contributed by atoms with van der Waals surface area (Å²) in [7, 11) is -0.580. The maximum absolute atomic E-state index is 12.9. The molecule has 0 spiro atoms. The van der Waals surface area contributed by atoms with Crippen molar-refractivity contribution in [3.63, 3.8) is 0 Å². The number of rotatable bonds is 8. The summed E-state index contributed by atoms with van der Waals surface area (Å²) in [6.07, 6.45) is 0.767. The van der Waals surface area contributed by atoms with Crippen molar-refractivity contribution in [2.24, 2.45) is 5.92 Å². The molecule has 0 amide bonds. The van der Waals surface area contributed by atoms with Crippen molar-refractivity contribution in [1.29, 1.82) is 0 Å². The van der Waals surface area contributed by atoms with E-state index in [-0.39, 0.29) is 42.3 Å². The summed E-state index contributed by atoms with van der Waals surface area (Å²) < 4.78 is 43.3. The Morgan fingerprint density at radius 2 is 1.58 bits per heavy atom. The molecule has 1 heterocycles. The van der Waals surface area contributed by atoms with Gasteiger partial charge in [0.2, 0.25) is 10.0 Å². The zero-order chi connectivity index (χ0) is 24.2. The second-order valence-electron chi connectivity index (χ2n) is 8.00. The second-order valence-corrected chi connectivity index (χ2v) is 9.94. The van der Waals surface area contributed by atoms with Crippen LogP contribution in [0.4, 0.5) is 0 Å². The molecule has 2 aromatic carbocycles. The molecule has 0 N–H and O–H groups in total. The number of esters is 1. The van der Waals surface area contributed by atoms with Gasteiger partial charge in [0, 0.05) is 18.7 Å². The summed E-state index contributed by atoms with van der Waals surface area (Å²) in [5.74, 6) is 0.337. The lowest BCUT2D eigenvalue weighted by Gasteiger charge is -2.30. The minimum Gasteiger partial charge on any atom is -0.493 e. The van der Waals surface area contributed by atoms with Crippen LogP contribution >= 0.6 is 0 Å². The molecule has 1 fully saturated rings. The molecule has 0 atom stereocenters. The number of sulfonamides is 1. The van der Waals surface area contributed by atoms with Crippen molar-refractivity contribution in [3.05, 3.63) is 53.1 Å². The van der Waals surface area contributed by atoms with E-state index in [9.17, 15) is 18.0 Å². The van der Waals surface area contributed by atoms with Crippen LogP contribution in [0.3, 0.4) is 0 Å². The van der Waals surface area contributed by atoms with E-state index in [0.717, 1.165) is 11.1 Å². The van der Waals surface area contributed by atoms with Gasteiger partial charge in [-0.2, -0.15) is 4.31 Å². The first-order valence-corrected chi connectivity index (χ1v) is 12.1. The SMILES string of the molecule is COc1cc(C)c(COC(=O)C2CCN(S(=O)(=O)c3ccc(C(C)=O)cc3)CC2)cc1OC. The van der Waals surface area contributed by atoms with E-state index in [0.29, 0.717) is 29.9 Å². The Morgan fingerprint density at radius 1 is 1.00 bits per heavy atom. The van der Waals surface area contributed by atoms with Crippen LogP contribution in [0.2, 0.25) is 0 Å². The third-order valence-corrected chi connectivity index (χ3v) is 7.81. The van der Waals surface area contributed by atoms with Crippen LogP contribution in [-0.2, 0) is 26.2 Å². The van der Waals surface area contributed by atoms with E-state index in [2.05, 4.69) is 0 Å². The fraction of sp³-hybridized carbons (Fsp3) is 0.417. The number of hydrogen-bond donors (Lipinski definition) is 0. The van der Waals surface area contributed by atoms with Gasteiger partial charge in [0.05, 0.1) is 25.0 Å². The number of Topliss-reactive ketones (excluding diaryl/α,β-unsaturated/α-hetero) is 1. The number of hydrogen-bond acceptors (Lipinski definition) is 7. The third kappa shape index (κ3) is 5.54.